The summed E-state index contributed by atoms with van der Waals surface area (Å²) in [5, 5.41) is 51.3. The number of hydrogen-bond acceptors (Lipinski definition) is 16. The first-order chi connectivity index (χ1) is 35.5. The van der Waals surface area contributed by atoms with E-state index in [1.165, 1.54) is 0 Å². The van der Waals surface area contributed by atoms with Crippen molar-refractivity contribution in [3.8, 4) is 0 Å². The van der Waals surface area contributed by atoms with Crippen LogP contribution in [0.25, 0.3) is 0 Å². The molecule has 0 amide bonds. The molecule has 22 nitrogen and oxygen atoms in total. The van der Waals surface area contributed by atoms with E-state index in [1.54, 1.807) is 34.6 Å². The van der Waals surface area contributed by atoms with Gasteiger partial charge in [0.25, 0.3) is 0 Å². The number of hydrogen-bond donors (Lipinski definition) is 6. The lowest BCUT2D eigenvalue weighted by Gasteiger charge is -2.23. The van der Waals surface area contributed by atoms with E-state index in [2.05, 4.69) is 0 Å². The van der Waals surface area contributed by atoms with Gasteiger partial charge in [-0.25, -0.2) is 0 Å². The Hall–Kier alpha value is -5.83. The third-order valence-corrected chi connectivity index (χ3v) is 13.2. The molecule has 6 N–H and O–H groups in total. The molecule has 0 saturated heterocycles. The van der Waals surface area contributed by atoms with Crippen molar-refractivity contribution >= 4 is 65.7 Å². The number of aliphatic carboxylic acids is 6. The lowest BCUT2D eigenvalue weighted by atomic mass is 9.90. The minimum Gasteiger partial charge on any atom is -0.481 e. The van der Waals surface area contributed by atoms with Crippen LogP contribution in [-0.4, -0.2) is 129 Å². The number of rotatable bonds is 33. The zero-order chi connectivity index (χ0) is 62.4. The van der Waals surface area contributed by atoms with Crippen molar-refractivity contribution in [1.82, 2.24) is 0 Å². The second-order valence-electron chi connectivity index (χ2n) is 22.2. The van der Waals surface area contributed by atoms with Gasteiger partial charge in [-0.15, -0.1) is 0 Å². The standard InChI is InChI=1S/C12H22O4.C11H18O6.3C11H20O4/c1-5-12(3,4)11(15)16-8-6-7-9(2)10(13)14;1-4-11(2,3)10(16)17-6-5-7(8(12)13)9(14)15;1-5-11(3,4)10(14)15-7-6-8(2)9(12)13;1-5-11(3,4)10(14)15-8(2)6-7-9(12)13;1-4-11(2,3)10(14)15-8-6-5-7-9(12)13/h9H,5-8H2,1-4H3,(H,13,14);7H,4-6H2,1-3H3,(H,12,13)(H,14,15);2*8H,5-7H2,1-4H3,(H,12,13);4-8H2,1-3H3,(H,12,13). The van der Waals surface area contributed by atoms with Gasteiger partial charge >= 0.3 is 65.7 Å². The minimum absolute atomic E-state index is 0.0288. The van der Waals surface area contributed by atoms with Crippen LogP contribution in [-0.2, 0) is 76.4 Å². The fourth-order valence-corrected chi connectivity index (χ4v) is 4.53. The van der Waals surface area contributed by atoms with E-state index in [-0.39, 0.29) is 68.4 Å². The maximum Gasteiger partial charge on any atom is 0.318 e. The summed E-state index contributed by atoms with van der Waals surface area (Å²) in [6.45, 7) is 33.2. The van der Waals surface area contributed by atoms with Crippen LogP contribution >= 0.6 is 0 Å². The van der Waals surface area contributed by atoms with Gasteiger partial charge in [-0.1, -0.05) is 48.5 Å². The van der Waals surface area contributed by atoms with E-state index in [1.807, 2.05) is 90.0 Å². The molecule has 0 radical (unpaired) electrons. The summed E-state index contributed by atoms with van der Waals surface area (Å²) in [6.07, 6.45) is 6.09. The fraction of sp³-hybridized carbons (Fsp3) is 0.804. The summed E-state index contributed by atoms with van der Waals surface area (Å²) in [7, 11) is 0. The topological polar surface area (TPSA) is 355 Å². The molecule has 3 unspecified atom stereocenters. The van der Waals surface area contributed by atoms with Crippen LogP contribution in [0.15, 0.2) is 0 Å². The first kappa shape index (κ1) is 81.0. The van der Waals surface area contributed by atoms with Gasteiger partial charge in [-0.3, -0.25) is 52.7 Å². The fourth-order valence-electron chi connectivity index (χ4n) is 4.53. The minimum atomic E-state index is -1.53. The van der Waals surface area contributed by atoms with Crippen molar-refractivity contribution in [2.45, 2.75) is 221 Å². The van der Waals surface area contributed by atoms with Crippen molar-refractivity contribution in [3.05, 3.63) is 0 Å². The maximum atomic E-state index is 11.6. The predicted octanol–water partition coefficient (Wildman–Crippen LogP) is 10.1. The molecule has 22 heteroatoms. The Kier molecular flexibility index (Phi) is 42.8. The Labute approximate surface area is 463 Å². The molecule has 0 aromatic carbocycles. The molecule has 456 valence electrons. The molecule has 3 atom stereocenters. The zero-order valence-electron chi connectivity index (χ0n) is 50.3. The van der Waals surface area contributed by atoms with Gasteiger partial charge in [0.15, 0.2) is 5.92 Å². The van der Waals surface area contributed by atoms with Crippen molar-refractivity contribution in [2.75, 3.05) is 26.4 Å². The average Bonchev–Trinajstić information content (AvgIpc) is 3.35. The summed E-state index contributed by atoms with van der Waals surface area (Å²) >= 11 is 0. The number of ether oxygens (including phenoxy) is 5. The highest BCUT2D eigenvalue weighted by Gasteiger charge is 2.32. The quantitative estimate of drug-likeness (QED) is 0.0154. The lowest BCUT2D eigenvalue weighted by Crippen LogP contribution is -2.29. The summed E-state index contributed by atoms with van der Waals surface area (Å²) in [5.41, 5.74) is -2.49. The number of carbonyl (C=O) groups is 11. The number of carboxylic acid groups (broad SMARTS) is 6. The number of carboxylic acids is 6. The predicted molar refractivity (Wildman–Crippen MR) is 289 cm³/mol. The van der Waals surface area contributed by atoms with Crippen molar-refractivity contribution in [3.63, 3.8) is 0 Å². The van der Waals surface area contributed by atoms with Gasteiger partial charge < -0.3 is 54.3 Å². The maximum absolute atomic E-state index is 11.6. The first-order valence-electron chi connectivity index (χ1n) is 26.8. The molecule has 0 aliphatic heterocycles. The number of carbonyl (C=O) groups excluding carboxylic acids is 5. The van der Waals surface area contributed by atoms with E-state index < -0.39 is 80.7 Å². The number of esters is 5. The third-order valence-electron chi connectivity index (χ3n) is 13.2. The SMILES string of the molecule is CCC(C)(C)C(=O)OC(C)CCC(=O)O.CCC(C)(C)C(=O)OCCC(C(=O)O)C(=O)O.CCC(C)(C)C(=O)OCCC(C)C(=O)O.CCC(C)(C)C(=O)OCCCC(C)C(=O)O.CCC(C)(C)C(=O)OCCCCC(=O)O. The van der Waals surface area contributed by atoms with Crippen LogP contribution in [0, 0.1) is 44.8 Å². The van der Waals surface area contributed by atoms with Gasteiger partial charge in [0.05, 0.1) is 71.4 Å². The second kappa shape index (κ2) is 41.2. The summed E-state index contributed by atoms with van der Waals surface area (Å²) in [6, 6.07) is 0. The van der Waals surface area contributed by atoms with Crippen LogP contribution in [0.5, 0.6) is 0 Å². The van der Waals surface area contributed by atoms with Crippen LogP contribution in [0.4, 0.5) is 0 Å². The highest BCUT2D eigenvalue weighted by molar-refractivity contribution is 5.92. The van der Waals surface area contributed by atoms with Gasteiger partial charge in [-0.05, 0) is 147 Å². The van der Waals surface area contributed by atoms with E-state index >= 15 is 0 Å². The van der Waals surface area contributed by atoms with Crippen LogP contribution in [0.2, 0.25) is 0 Å². The Balaban J connectivity index is -0.000000285. The van der Waals surface area contributed by atoms with E-state index in [0.29, 0.717) is 71.0 Å². The Morgan fingerprint density at radius 3 is 0.949 bits per heavy atom. The Morgan fingerprint density at radius 1 is 0.346 bits per heavy atom. The normalized spacial score (nSPS) is 12.4. The van der Waals surface area contributed by atoms with Crippen LogP contribution in [0.3, 0.4) is 0 Å². The Bertz CT molecular complexity index is 1830. The smallest absolute Gasteiger partial charge is 0.318 e. The van der Waals surface area contributed by atoms with Crippen LogP contribution in [0.1, 0.15) is 215 Å². The van der Waals surface area contributed by atoms with Gasteiger partial charge in [-0.2, -0.15) is 0 Å². The Morgan fingerprint density at radius 2 is 0.641 bits per heavy atom. The molecule has 0 bridgehead atoms. The number of unbranched alkanes of at least 4 members (excludes halogenated alkanes) is 1. The average molecular weight is 1130 g/mol. The molecule has 0 fully saturated rings. The van der Waals surface area contributed by atoms with E-state index in [4.69, 9.17) is 54.3 Å². The van der Waals surface area contributed by atoms with Crippen molar-refractivity contribution < 1.29 is 107 Å². The van der Waals surface area contributed by atoms with E-state index in [9.17, 15) is 52.7 Å². The zero-order valence-corrected chi connectivity index (χ0v) is 50.3. The summed E-state index contributed by atoms with van der Waals surface area (Å²) in [4.78, 5) is 120. The second-order valence-corrected chi connectivity index (χ2v) is 22.2. The largest absolute Gasteiger partial charge is 0.481 e. The monoisotopic (exact) mass is 1120 g/mol. The molecule has 0 heterocycles. The van der Waals surface area contributed by atoms with Crippen molar-refractivity contribution in [1.29, 1.82) is 0 Å². The molecule has 0 rings (SSSR count). The molecule has 0 aromatic rings. The first-order valence-corrected chi connectivity index (χ1v) is 26.8. The highest BCUT2D eigenvalue weighted by Crippen LogP contribution is 2.25. The third kappa shape index (κ3) is 40.4. The molecule has 0 aliphatic carbocycles. The summed E-state index contributed by atoms with van der Waals surface area (Å²) in [5.74, 6) is -9.97. The van der Waals surface area contributed by atoms with Gasteiger partial charge in [0.1, 0.15) is 0 Å². The molecule has 0 aromatic heterocycles. The molecular formula is C56H100O22. The van der Waals surface area contributed by atoms with Gasteiger partial charge in [0, 0.05) is 19.3 Å². The molecule has 0 spiro atoms. The lowest BCUT2D eigenvalue weighted by molar-refractivity contribution is -0.160. The molecular weight excluding hydrogens is 1020 g/mol. The molecule has 78 heavy (non-hydrogen) atoms. The highest BCUT2D eigenvalue weighted by atomic mass is 16.6. The van der Waals surface area contributed by atoms with E-state index in [0.717, 1.165) is 12.8 Å². The summed E-state index contributed by atoms with van der Waals surface area (Å²) < 4.78 is 25.2. The van der Waals surface area contributed by atoms with Gasteiger partial charge in [0.2, 0.25) is 0 Å². The molecule has 0 saturated carbocycles. The van der Waals surface area contributed by atoms with Crippen molar-refractivity contribution in [2.24, 2.45) is 44.8 Å². The van der Waals surface area contributed by atoms with Crippen LogP contribution < -0.4 is 0 Å². The molecule has 0 aliphatic rings.